The zero-order chi connectivity index (χ0) is 14.4. The number of carbonyl (C=O) groups excluding carboxylic acids is 1. The molecule has 0 aromatic rings. The van der Waals surface area contributed by atoms with Crippen LogP contribution in [0.1, 0.15) is 40.5 Å². The third-order valence-corrected chi connectivity index (χ3v) is 5.10. The van der Waals surface area contributed by atoms with Crippen molar-refractivity contribution in [1.29, 1.82) is 0 Å². The van der Waals surface area contributed by atoms with Crippen LogP contribution in [0, 0.1) is 17.3 Å². The molecule has 106 valence electrons. The normalized spacial score (nSPS) is 43.7. The first kappa shape index (κ1) is 14.4. The second-order valence-electron chi connectivity index (χ2n) is 6.27. The zero-order valence-corrected chi connectivity index (χ0v) is 12.1. The van der Waals surface area contributed by atoms with E-state index >= 15 is 4.39 Å². The molecule has 2 aliphatic rings. The molecule has 0 aliphatic heterocycles. The molecule has 1 fully saturated rings. The Morgan fingerprint density at radius 1 is 1.53 bits per heavy atom. The van der Waals surface area contributed by atoms with Gasteiger partial charge >= 0.3 is 0 Å². The van der Waals surface area contributed by atoms with Gasteiger partial charge in [0.1, 0.15) is 0 Å². The fourth-order valence-electron chi connectivity index (χ4n) is 4.01. The summed E-state index contributed by atoms with van der Waals surface area (Å²) in [6.07, 6.45) is 4.69. The third-order valence-electron chi connectivity index (χ3n) is 5.10. The van der Waals surface area contributed by atoms with Crippen molar-refractivity contribution in [2.24, 2.45) is 17.3 Å². The summed E-state index contributed by atoms with van der Waals surface area (Å²) < 4.78 is 15.7. The molecule has 0 amide bonds. The number of rotatable bonds is 2. The fourth-order valence-corrected chi connectivity index (χ4v) is 4.01. The van der Waals surface area contributed by atoms with Crippen molar-refractivity contribution in [2.75, 3.05) is 0 Å². The van der Waals surface area contributed by atoms with Gasteiger partial charge in [-0.2, -0.15) is 0 Å². The van der Waals surface area contributed by atoms with E-state index in [4.69, 9.17) is 0 Å². The average molecular weight is 266 g/mol. The minimum Gasteiger partial charge on any atom is -0.390 e. The van der Waals surface area contributed by atoms with E-state index in [-0.39, 0.29) is 17.6 Å². The van der Waals surface area contributed by atoms with Crippen molar-refractivity contribution >= 4 is 5.78 Å². The van der Waals surface area contributed by atoms with Crippen LogP contribution in [0.2, 0.25) is 0 Å². The second-order valence-corrected chi connectivity index (χ2v) is 6.27. The zero-order valence-electron chi connectivity index (χ0n) is 12.1. The number of hydrogen-bond donors (Lipinski definition) is 1. The molecule has 0 spiro atoms. The van der Waals surface area contributed by atoms with Crippen LogP contribution in [0.15, 0.2) is 23.8 Å². The number of ketones is 1. The van der Waals surface area contributed by atoms with Crippen LogP contribution in [0.3, 0.4) is 0 Å². The maximum Gasteiger partial charge on any atom is 0.178 e. The summed E-state index contributed by atoms with van der Waals surface area (Å²) in [5.74, 6) is -0.151. The number of carbonyl (C=O) groups is 1. The van der Waals surface area contributed by atoms with E-state index in [0.29, 0.717) is 12.8 Å². The first-order chi connectivity index (χ1) is 8.77. The van der Waals surface area contributed by atoms with Crippen molar-refractivity contribution in [3.05, 3.63) is 23.8 Å². The number of allylic oxidation sites excluding steroid dienone is 4. The molecule has 0 bridgehead atoms. The molecular weight excluding hydrogens is 243 g/mol. The highest BCUT2D eigenvalue weighted by Gasteiger charge is 2.61. The average Bonchev–Trinajstić information content (AvgIpc) is 2.37. The van der Waals surface area contributed by atoms with E-state index in [2.05, 4.69) is 0 Å². The van der Waals surface area contributed by atoms with Crippen LogP contribution in [-0.4, -0.2) is 22.7 Å². The SMILES string of the molecule is CCC(O)C1(F)C(C)CC(C)C2=CC(=O)C=CC21C. The van der Waals surface area contributed by atoms with Crippen LogP contribution in [0.4, 0.5) is 4.39 Å². The number of aliphatic hydroxyl groups excluding tert-OH is 1. The molecule has 2 rings (SSSR count). The summed E-state index contributed by atoms with van der Waals surface area (Å²) in [7, 11) is 0. The summed E-state index contributed by atoms with van der Waals surface area (Å²) >= 11 is 0. The van der Waals surface area contributed by atoms with Gasteiger partial charge in [0.25, 0.3) is 0 Å². The van der Waals surface area contributed by atoms with Gasteiger partial charge in [0.2, 0.25) is 0 Å². The van der Waals surface area contributed by atoms with Crippen molar-refractivity contribution in [1.82, 2.24) is 0 Å². The molecule has 19 heavy (non-hydrogen) atoms. The lowest BCUT2D eigenvalue weighted by Crippen LogP contribution is -2.60. The van der Waals surface area contributed by atoms with Crippen molar-refractivity contribution in [2.45, 2.75) is 52.3 Å². The Labute approximate surface area is 114 Å². The highest BCUT2D eigenvalue weighted by atomic mass is 19.1. The molecule has 2 nitrogen and oxygen atoms in total. The topological polar surface area (TPSA) is 37.3 Å². The molecule has 0 aromatic carbocycles. The minimum atomic E-state index is -1.71. The van der Waals surface area contributed by atoms with Crippen molar-refractivity contribution in [3.63, 3.8) is 0 Å². The maximum atomic E-state index is 15.7. The minimum absolute atomic E-state index is 0.0813. The van der Waals surface area contributed by atoms with Gasteiger partial charge in [-0.1, -0.05) is 32.4 Å². The summed E-state index contributed by atoms with van der Waals surface area (Å²) in [6.45, 7) is 7.50. The Hall–Kier alpha value is -0.960. The van der Waals surface area contributed by atoms with Gasteiger partial charge in [-0.3, -0.25) is 4.79 Å². The molecular formula is C16H23FO2. The van der Waals surface area contributed by atoms with E-state index in [1.165, 1.54) is 6.08 Å². The van der Waals surface area contributed by atoms with Crippen LogP contribution in [0.25, 0.3) is 0 Å². The fraction of sp³-hybridized carbons (Fsp3) is 0.688. The maximum absolute atomic E-state index is 15.7. The van der Waals surface area contributed by atoms with E-state index < -0.39 is 17.2 Å². The number of alkyl halides is 1. The highest BCUT2D eigenvalue weighted by molar-refractivity contribution is 6.01. The number of hydrogen-bond acceptors (Lipinski definition) is 2. The summed E-state index contributed by atoms with van der Waals surface area (Å²) in [5, 5.41) is 10.2. The van der Waals surface area contributed by atoms with Crippen LogP contribution in [-0.2, 0) is 4.79 Å². The van der Waals surface area contributed by atoms with E-state index in [1.54, 1.807) is 19.1 Å². The van der Waals surface area contributed by atoms with Gasteiger partial charge in [0, 0.05) is 5.41 Å². The van der Waals surface area contributed by atoms with Gasteiger partial charge < -0.3 is 5.11 Å². The lowest BCUT2D eigenvalue weighted by molar-refractivity contribution is -0.123. The molecule has 0 radical (unpaired) electrons. The van der Waals surface area contributed by atoms with Crippen LogP contribution >= 0.6 is 0 Å². The van der Waals surface area contributed by atoms with Gasteiger partial charge in [0.15, 0.2) is 11.5 Å². The smallest absolute Gasteiger partial charge is 0.178 e. The number of aliphatic hydroxyl groups is 1. The Kier molecular flexibility index (Phi) is 3.46. The molecule has 5 atom stereocenters. The van der Waals surface area contributed by atoms with E-state index in [0.717, 1.165) is 5.57 Å². The molecule has 1 saturated carbocycles. The van der Waals surface area contributed by atoms with E-state index in [1.807, 2.05) is 20.8 Å². The first-order valence-electron chi connectivity index (χ1n) is 7.09. The first-order valence-corrected chi connectivity index (χ1v) is 7.09. The molecule has 1 N–H and O–H groups in total. The molecule has 0 heterocycles. The van der Waals surface area contributed by atoms with Gasteiger partial charge in [-0.05, 0) is 43.8 Å². The molecule has 0 aromatic heterocycles. The second kappa shape index (κ2) is 4.55. The summed E-state index contributed by atoms with van der Waals surface area (Å²) in [4.78, 5) is 11.6. The highest BCUT2D eigenvalue weighted by Crippen LogP contribution is 2.58. The standard InChI is InChI=1S/C16H23FO2/c1-5-14(19)16(17)11(3)8-10(2)13-9-12(18)6-7-15(13,16)4/h6-7,9-11,14,19H,5,8H2,1-4H3. The number of halogens is 1. The van der Waals surface area contributed by atoms with E-state index in [9.17, 15) is 9.90 Å². The predicted molar refractivity (Wildman–Crippen MR) is 73.4 cm³/mol. The van der Waals surface area contributed by atoms with Crippen molar-refractivity contribution < 1.29 is 14.3 Å². The Morgan fingerprint density at radius 3 is 2.74 bits per heavy atom. The van der Waals surface area contributed by atoms with Gasteiger partial charge in [-0.25, -0.2) is 4.39 Å². The molecule has 0 saturated heterocycles. The van der Waals surface area contributed by atoms with Crippen molar-refractivity contribution in [3.8, 4) is 0 Å². The largest absolute Gasteiger partial charge is 0.390 e. The monoisotopic (exact) mass is 266 g/mol. The Bertz CT molecular complexity index is 454. The molecule has 5 unspecified atom stereocenters. The third kappa shape index (κ3) is 1.82. The van der Waals surface area contributed by atoms with Gasteiger partial charge in [-0.15, -0.1) is 0 Å². The van der Waals surface area contributed by atoms with Gasteiger partial charge in [0.05, 0.1) is 6.10 Å². The Morgan fingerprint density at radius 2 is 2.16 bits per heavy atom. The van der Waals surface area contributed by atoms with Crippen LogP contribution in [0.5, 0.6) is 0 Å². The Balaban J connectivity index is 2.58. The molecule has 3 heteroatoms. The lowest BCUT2D eigenvalue weighted by Gasteiger charge is -2.55. The van der Waals surface area contributed by atoms with Crippen LogP contribution < -0.4 is 0 Å². The summed E-state index contributed by atoms with van der Waals surface area (Å²) in [5.41, 5.74) is -1.77. The predicted octanol–water partition coefficient (Wildman–Crippen LogP) is 3.21. The lowest BCUT2D eigenvalue weighted by atomic mass is 9.52. The molecule has 2 aliphatic carbocycles. The number of fused-ring (bicyclic) bond motifs is 1. The summed E-state index contributed by atoms with van der Waals surface area (Å²) in [6, 6.07) is 0. The quantitative estimate of drug-likeness (QED) is 0.833.